The van der Waals surface area contributed by atoms with E-state index in [0.717, 1.165) is 65.8 Å². The first kappa shape index (κ1) is 18.4. The zero-order valence-corrected chi connectivity index (χ0v) is 17.6. The molecule has 1 saturated carbocycles. The molecular formula is C23H21BrN4O. The van der Waals surface area contributed by atoms with Gasteiger partial charge in [-0.05, 0) is 55.5 Å². The molecule has 1 amide bonds. The summed E-state index contributed by atoms with van der Waals surface area (Å²) in [5.74, 6) is 1.95. The Morgan fingerprint density at radius 1 is 1.17 bits per heavy atom. The molecule has 1 aromatic heterocycles. The number of benzene rings is 2. The van der Waals surface area contributed by atoms with Crippen molar-refractivity contribution in [3.63, 3.8) is 0 Å². The number of amides is 1. The van der Waals surface area contributed by atoms with Crippen molar-refractivity contribution in [2.45, 2.75) is 25.8 Å². The first-order valence-corrected chi connectivity index (χ1v) is 10.9. The quantitative estimate of drug-likeness (QED) is 0.585. The number of carbonyl (C=O) groups is 1. The van der Waals surface area contributed by atoms with E-state index < -0.39 is 0 Å². The Morgan fingerprint density at radius 3 is 2.69 bits per heavy atom. The average Bonchev–Trinajstić information content (AvgIpc) is 3.39. The van der Waals surface area contributed by atoms with E-state index in [9.17, 15) is 10.1 Å². The molecule has 2 heterocycles. The Balaban J connectivity index is 1.49. The lowest BCUT2D eigenvalue weighted by Crippen LogP contribution is -2.30. The van der Waals surface area contributed by atoms with Crippen molar-refractivity contribution in [1.82, 2.24) is 14.5 Å². The summed E-state index contributed by atoms with van der Waals surface area (Å²) in [5, 5.41) is 9.25. The number of nitriles is 1. The average molecular weight is 449 g/mol. The number of aromatic nitrogens is 2. The fraction of sp³-hybridized carbons (Fsp3) is 0.348. The molecule has 0 radical (unpaired) electrons. The third kappa shape index (κ3) is 3.56. The molecule has 1 aliphatic carbocycles. The zero-order chi connectivity index (χ0) is 20.0. The van der Waals surface area contributed by atoms with E-state index in [2.05, 4.69) is 43.6 Å². The summed E-state index contributed by atoms with van der Waals surface area (Å²) in [7, 11) is 0. The highest BCUT2D eigenvalue weighted by atomic mass is 79.9. The van der Waals surface area contributed by atoms with Gasteiger partial charge in [-0.3, -0.25) is 4.79 Å². The largest absolute Gasteiger partial charge is 0.342 e. The van der Waals surface area contributed by atoms with Gasteiger partial charge in [0.25, 0.3) is 0 Å². The van der Waals surface area contributed by atoms with Gasteiger partial charge in [0.2, 0.25) is 5.91 Å². The molecule has 3 aromatic rings. The van der Waals surface area contributed by atoms with Gasteiger partial charge in [-0.25, -0.2) is 4.98 Å². The molecule has 146 valence electrons. The van der Waals surface area contributed by atoms with Crippen molar-refractivity contribution in [1.29, 1.82) is 5.26 Å². The van der Waals surface area contributed by atoms with E-state index in [-0.39, 0.29) is 5.92 Å². The molecule has 29 heavy (non-hydrogen) atoms. The second kappa shape index (κ2) is 7.31. The van der Waals surface area contributed by atoms with Gasteiger partial charge in [0.1, 0.15) is 5.82 Å². The molecule has 0 N–H and O–H groups in total. The molecule has 0 bridgehead atoms. The summed E-state index contributed by atoms with van der Waals surface area (Å²) in [6, 6.07) is 16.1. The van der Waals surface area contributed by atoms with Gasteiger partial charge in [-0.15, -0.1) is 0 Å². The van der Waals surface area contributed by atoms with Gasteiger partial charge in [0, 0.05) is 35.6 Å². The molecule has 1 aliphatic heterocycles. The maximum atomic E-state index is 12.4. The van der Waals surface area contributed by atoms with Crippen LogP contribution in [0, 0.1) is 23.2 Å². The van der Waals surface area contributed by atoms with E-state index in [4.69, 9.17) is 4.98 Å². The summed E-state index contributed by atoms with van der Waals surface area (Å²) in [6.45, 7) is 2.51. The molecule has 2 fully saturated rings. The first-order chi connectivity index (χ1) is 14.1. The van der Waals surface area contributed by atoms with Crippen LogP contribution in [-0.4, -0.2) is 33.4 Å². The number of rotatable bonds is 4. The Bertz CT molecular complexity index is 1120. The van der Waals surface area contributed by atoms with Gasteiger partial charge in [0.15, 0.2) is 0 Å². The lowest BCUT2D eigenvalue weighted by Gasteiger charge is -2.18. The van der Waals surface area contributed by atoms with Crippen molar-refractivity contribution in [3.05, 3.63) is 52.5 Å². The van der Waals surface area contributed by atoms with E-state index in [1.807, 2.05) is 30.3 Å². The maximum absolute atomic E-state index is 12.4. The minimum absolute atomic E-state index is 0.283. The van der Waals surface area contributed by atoms with E-state index in [1.54, 1.807) is 0 Å². The van der Waals surface area contributed by atoms with Crippen LogP contribution in [0.3, 0.4) is 0 Å². The normalized spacial score (nSPS) is 18.9. The lowest BCUT2D eigenvalue weighted by molar-refractivity contribution is -0.131. The smallest absolute Gasteiger partial charge is 0.225 e. The topological polar surface area (TPSA) is 61.9 Å². The predicted molar refractivity (Wildman–Crippen MR) is 115 cm³/mol. The van der Waals surface area contributed by atoms with Crippen molar-refractivity contribution < 1.29 is 4.79 Å². The van der Waals surface area contributed by atoms with Gasteiger partial charge in [-0.2, -0.15) is 5.26 Å². The number of carbonyl (C=O) groups excluding carboxylic acids is 1. The molecule has 0 spiro atoms. The number of imidazole rings is 1. The fourth-order valence-electron chi connectivity index (χ4n) is 4.23. The number of nitrogens with zero attached hydrogens (tertiary/aromatic N) is 4. The molecule has 2 aliphatic rings. The second-order valence-corrected chi connectivity index (χ2v) is 9.00. The predicted octanol–water partition coefficient (Wildman–Crippen LogP) is 4.60. The molecule has 1 saturated heterocycles. The Labute approximate surface area is 178 Å². The van der Waals surface area contributed by atoms with Crippen LogP contribution in [0.25, 0.3) is 22.4 Å². The highest BCUT2D eigenvalue weighted by Gasteiger charge is 2.36. The molecule has 5 rings (SSSR count). The molecule has 2 aromatic carbocycles. The van der Waals surface area contributed by atoms with Crippen molar-refractivity contribution >= 4 is 32.9 Å². The van der Waals surface area contributed by atoms with Crippen molar-refractivity contribution in [2.75, 3.05) is 13.1 Å². The van der Waals surface area contributed by atoms with Crippen molar-refractivity contribution in [3.8, 4) is 17.5 Å². The fourth-order valence-corrected chi connectivity index (χ4v) is 4.50. The minimum Gasteiger partial charge on any atom is -0.342 e. The molecule has 5 nitrogen and oxygen atoms in total. The Kier molecular flexibility index (Phi) is 4.63. The maximum Gasteiger partial charge on any atom is 0.225 e. The molecular weight excluding hydrogens is 428 g/mol. The minimum atomic E-state index is 0.283. The number of fused-ring (bicyclic) bond motifs is 1. The SMILES string of the molecule is N#Cc1ccc2c(c1)nc(-c1ccc(Br)cc1)n2C[C@@H]1CCN(C(=O)C2CC2)C1. The van der Waals surface area contributed by atoms with Crippen LogP contribution < -0.4 is 0 Å². The lowest BCUT2D eigenvalue weighted by atomic mass is 10.1. The first-order valence-electron chi connectivity index (χ1n) is 10.1. The number of hydrogen-bond acceptors (Lipinski definition) is 3. The van der Waals surface area contributed by atoms with E-state index in [0.29, 0.717) is 17.4 Å². The standard InChI is InChI=1S/C23H21BrN4O/c24-19-6-4-17(5-7-19)22-26-20-11-15(12-25)1-8-21(20)28(22)14-16-9-10-27(13-16)23(29)18-2-3-18/h1,4-8,11,16,18H,2-3,9-10,13-14H2/t16-/m1/s1. The zero-order valence-electron chi connectivity index (χ0n) is 16.0. The second-order valence-electron chi connectivity index (χ2n) is 8.08. The summed E-state index contributed by atoms with van der Waals surface area (Å²) in [4.78, 5) is 19.4. The highest BCUT2D eigenvalue weighted by molar-refractivity contribution is 9.10. The van der Waals surface area contributed by atoms with E-state index >= 15 is 0 Å². The van der Waals surface area contributed by atoms with Crippen LogP contribution in [0.4, 0.5) is 0 Å². The number of likely N-dealkylation sites (tertiary alicyclic amines) is 1. The van der Waals surface area contributed by atoms with Crippen LogP contribution in [-0.2, 0) is 11.3 Å². The summed E-state index contributed by atoms with van der Waals surface area (Å²) >= 11 is 3.50. The van der Waals surface area contributed by atoms with Gasteiger partial charge in [-0.1, -0.05) is 28.1 Å². The summed E-state index contributed by atoms with van der Waals surface area (Å²) in [5.41, 5.74) is 3.54. The van der Waals surface area contributed by atoms with E-state index in [1.165, 1.54) is 0 Å². The molecule has 6 heteroatoms. The number of hydrogen-bond donors (Lipinski definition) is 0. The molecule has 0 unspecified atom stereocenters. The Morgan fingerprint density at radius 2 is 1.97 bits per heavy atom. The Hall–Kier alpha value is -2.65. The summed E-state index contributed by atoms with van der Waals surface area (Å²) in [6.07, 6.45) is 3.14. The van der Waals surface area contributed by atoms with Gasteiger partial charge >= 0.3 is 0 Å². The van der Waals surface area contributed by atoms with Crippen molar-refractivity contribution in [2.24, 2.45) is 11.8 Å². The third-order valence-corrected chi connectivity index (χ3v) is 6.47. The van der Waals surface area contributed by atoms with Gasteiger partial charge in [0.05, 0.1) is 22.7 Å². The highest BCUT2D eigenvalue weighted by Crippen LogP contribution is 2.34. The monoisotopic (exact) mass is 448 g/mol. The summed E-state index contributed by atoms with van der Waals surface area (Å²) < 4.78 is 3.29. The number of halogens is 1. The van der Waals surface area contributed by atoms with Crippen LogP contribution in [0.2, 0.25) is 0 Å². The van der Waals surface area contributed by atoms with Crippen LogP contribution >= 0.6 is 15.9 Å². The third-order valence-electron chi connectivity index (χ3n) is 5.94. The van der Waals surface area contributed by atoms with Gasteiger partial charge < -0.3 is 9.47 Å². The molecule has 1 atom stereocenters. The van der Waals surface area contributed by atoms with Crippen LogP contribution in [0.5, 0.6) is 0 Å². The van der Waals surface area contributed by atoms with Crippen LogP contribution in [0.1, 0.15) is 24.8 Å². The van der Waals surface area contributed by atoms with Crippen LogP contribution in [0.15, 0.2) is 46.9 Å².